The summed E-state index contributed by atoms with van der Waals surface area (Å²) in [6, 6.07) is 3.46. The second kappa shape index (κ2) is 6.36. The van der Waals surface area contributed by atoms with Crippen molar-refractivity contribution in [3.05, 3.63) is 41.5 Å². The quantitative estimate of drug-likeness (QED) is 0.571. The predicted molar refractivity (Wildman–Crippen MR) is 97.6 cm³/mol. The van der Waals surface area contributed by atoms with Gasteiger partial charge in [0.1, 0.15) is 5.52 Å². The number of allylic oxidation sites excluding steroid dienone is 4. The van der Waals surface area contributed by atoms with Crippen LogP contribution in [-0.4, -0.2) is 34.6 Å². The number of H-pyrrole nitrogens is 1. The molecule has 25 heavy (non-hydrogen) atoms. The van der Waals surface area contributed by atoms with Crippen LogP contribution >= 0.6 is 0 Å². The molecule has 0 spiro atoms. The molecule has 4 N–H and O–H groups in total. The molecule has 0 saturated carbocycles. The van der Waals surface area contributed by atoms with Crippen LogP contribution in [0, 0.1) is 0 Å². The Morgan fingerprint density at radius 3 is 2.84 bits per heavy atom. The lowest BCUT2D eigenvalue weighted by Crippen LogP contribution is -2.15. The minimum Gasteiger partial charge on any atom is -0.411 e. The molecule has 2 aromatic rings. The van der Waals surface area contributed by atoms with Crippen molar-refractivity contribution in [3.8, 4) is 0 Å². The maximum atomic E-state index is 12.7. The monoisotopic (exact) mass is 360 g/mol. The number of aromatic nitrogens is 2. The molecule has 1 heterocycles. The van der Waals surface area contributed by atoms with Gasteiger partial charge in [-0.15, -0.1) is 0 Å². The SMILES string of the molecule is CC(C)S(=O)(=O)c1cc(CC2=CC=CCC2=NO)cc2[nH]c(N)nc12. The third-order valence-corrected chi connectivity index (χ3v) is 6.35. The number of rotatable bonds is 4. The molecule has 0 fully saturated rings. The first-order valence-corrected chi connectivity index (χ1v) is 9.46. The molecule has 1 aromatic heterocycles. The van der Waals surface area contributed by atoms with E-state index in [-0.39, 0.29) is 10.8 Å². The Hall–Kier alpha value is -2.61. The normalized spacial score (nSPS) is 16.8. The van der Waals surface area contributed by atoms with Crippen molar-refractivity contribution in [2.75, 3.05) is 5.73 Å². The first-order valence-electron chi connectivity index (χ1n) is 7.92. The lowest BCUT2D eigenvalue weighted by molar-refractivity contribution is 0.318. The fraction of sp³-hybridized carbons (Fsp3) is 0.294. The maximum Gasteiger partial charge on any atom is 0.198 e. The highest BCUT2D eigenvalue weighted by Crippen LogP contribution is 2.28. The fourth-order valence-electron chi connectivity index (χ4n) is 2.81. The highest BCUT2D eigenvalue weighted by molar-refractivity contribution is 7.92. The van der Waals surface area contributed by atoms with Crippen LogP contribution in [0.2, 0.25) is 0 Å². The number of hydrogen-bond donors (Lipinski definition) is 3. The van der Waals surface area contributed by atoms with Crippen molar-refractivity contribution in [1.82, 2.24) is 9.97 Å². The van der Waals surface area contributed by atoms with Gasteiger partial charge in [-0.1, -0.05) is 23.4 Å². The topological polar surface area (TPSA) is 121 Å². The van der Waals surface area contributed by atoms with E-state index in [0.717, 1.165) is 11.1 Å². The Labute approximate surface area is 145 Å². The second-order valence-electron chi connectivity index (χ2n) is 6.25. The van der Waals surface area contributed by atoms with Crippen LogP contribution in [0.25, 0.3) is 11.0 Å². The van der Waals surface area contributed by atoms with Gasteiger partial charge in [-0.2, -0.15) is 0 Å². The van der Waals surface area contributed by atoms with Crippen LogP contribution in [0.3, 0.4) is 0 Å². The van der Waals surface area contributed by atoms with Crippen LogP contribution in [-0.2, 0) is 16.3 Å². The maximum absolute atomic E-state index is 12.7. The van der Waals surface area contributed by atoms with Gasteiger partial charge >= 0.3 is 0 Å². The van der Waals surface area contributed by atoms with Crippen LogP contribution < -0.4 is 5.73 Å². The molecule has 7 nitrogen and oxygen atoms in total. The molecule has 3 rings (SSSR count). The molecule has 0 unspecified atom stereocenters. The summed E-state index contributed by atoms with van der Waals surface area (Å²) in [5.41, 5.74) is 8.83. The van der Waals surface area contributed by atoms with Crippen molar-refractivity contribution in [2.24, 2.45) is 5.16 Å². The molecule has 132 valence electrons. The molecule has 0 saturated heterocycles. The van der Waals surface area contributed by atoms with Gasteiger partial charge in [0.05, 0.1) is 21.4 Å². The Morgan fingerprint density at radius 1 is 1.40 bits per heavy atom. The number of oxime groups is 1. The third-order valence-electron chi connectivity index (χ3n) is 4.19. The number of benzene rings is 1. The van der Waals surface area contributed by atoms with E-state index in [4.69, 9.17) is 10.9 Å². The zero-order chi connectivity index (χ0) is 18.2. The van der Waals surface area contributed by atoms with Gasteiger partial charge in [-0.3, -0.25) is 0 Å². The number of anilines is 1. The van der Waals surface area contributed by atoms with E-state index in [1.54, 1.807) is 19.9 Å². The molecule has 0 radical (unpaired) electrons. The number of imidazole rings is 1. The summed E-state index contributed by atoms with van der Waals surface area (Å²) in [6.07, 6.45) is 6.63. The van der Waals surface area contributed by atoms with E-state index in [0.29, 0.717) is 29.6 Å². The number of nitrogens with one attached hydrogen (secondary N) is 1. The van der Waals surface area contributed by atoms with Gasteiger partial charge < -0.3 is 15.9 Å². The van der Waals surface area contributed by atoms with Crippen LogP contribution in [0.5, 0.6) is 0 Å². The largest absolute Gasteiger partial charge is 0.411 e. The Kier molecular flexibility index (Phi) is 4.38. The Morgan fingerprint density at radius 2 is 2.16 bits per heavy atom. The number of aromatic amines is 1. The number of nitrogens with two attached hydrogens (primary N) is 1. The Balaban J connectivity index is 2.14. The van der Waals surface area contributed by atoms with Crippen molar-refractivity contribution in [2.45, 2.75) is 36.8 Å². The summed E-state index contributed by atoms with van der Waals surface area (Å²) >= 11 is 0. The molecule has 0 amide bonds. The zero-order valence-electron chi connectivity index (χ0n) is 14.0. The lowest BCUT2D eigenvalue weighted by Gasteiger charge is -2.13. The minimum absolute atomic E-state index is 0.164. The van der Waals surface area contributed by atoms with E-state index in [1.165, 1.54) is 0 Å². The third kappa shape index (κ3) is 3.17. The van der Waals surface area contributed by atoms with E-state index < -0.39 is 15.1 Å². The van der Waals surface area contributed by atoms with Crippen LogP contribution in [0.1, 0.15) is 25.8 Å². The zero-order valence-corrected chi connectivity index (χ0v) is 14.8. The molecule has 8 heteroatoms. The van der Waals surface area contributed by atoms with Gasteiger partial charge in [-0.25, -0.2) is 13.4 Å². The highest BCUT2D eigenvalue weighted by atomic mass is 32.2. The predicted octanol–water partition coefficient (Wildman–Crippen LogP) is 2.59. The molecule has 1 aliphatic carbocycles. The summed E-state index contributed by atoms with van der Waals surface area (Å²) < 4.78 is 25.5. The molecule has 0 atom stereocenters. The van der Waals surface area contributed by atoms with Gasteiger partial charge in [0.2, 0.25) is 0 Å². The van der Waals surface area contributed by atoms with Gasteiger partial charge in [0.15, 0.2) is 15.8 Å². The van der Waals surface area contributed by atoms with E-state index in [2.05, 4.69) is 15.1 Å². The first kappa shape index (κ1) is 17.2. The summed E-state index contributed by atoms with van der Waals surface area (Å²) in [5, 5.41) is 11.9. The van der Waals surface area contributed by atoms with Crippen LogP contribution in [0.15, 0.2) is 46.0 Å². The van der Waals surface area contributed by atoms with Gasteiger partial charge in [0.25, 0.3) is 0 Å². The van der Waals surface area contributed by atoms with Crippen molar-refractivity contribution in [3.63, 3.8) is 0 Å². The smallest absolute Gasteiger partial charge is 0.198 e. The van der Waals surface area contributed by atoms with Crippen molar-refractivity contribution in [1.29, 1.82) is 0 Å². The number of hydrogen-bond acceptors (Lipinski definition) is 6. The number of nitrogens with zero attached hydrogens (tertiary/aromatic N) is 2. The number of nitrogen functional groups attached to an aromatic ring is 1. The summed E-state index contributed by atoms with van der Waals surface area (Å²) in [4.78, 5) is 7.20. The van der Waals surface area contributed by atoms with Crippen molar-refractivity contribution >= 4 is 32.5 Å². The van der Waals surface area contributed by atoms with E-state index >= 15 is 0 Å². The average Bonchev–Trinajstić information content (AvgIpc) is 2.94. The van der Waals surface area contributed by atoms with Crippen molar-refractivity contribution < 1.29 is 13.6 Å². The second-order valence-corrected chi connectivity index (χ2v) is 8.73. The number of sulfone groups is 1. The fourth-order valence-corrected chi connectivity index (χ4v) is 4.06. The lowest BCUT2D eigenvalue weighted by atomic mass is 9.95. The molecule has 1 aliphatic rings. The number of fused-ring (bicyclic) bond motifs is 1. The molecule has 1 aromatic carbocycles. The summed E-state index contributed by atoms with van der Waals surface area (Å²) in [6.45, 7) is 3.27. The van der Waals surface area contributed by atoms with Crippen LogP contribution in [0.4, 0.5) is 5.95 Å². The van der Waals surface area contributed by atoms with E-state index in [1.807, 2.05) is 24.3 Å². The standard InChI is InChI=1S/C17H20N4O3S/c1-10(2)25(23,24)15-9-11(8-14-16(15)20-17(18)19-14)7-12-5-3-4-6-13(12)21-22/h3-5,8-10,22H,6-7H2,1-2H3,(H3,18,19,20). The molecular formula is C17H20N4O3S. The molecule has 0 aliphatic heterocycles. The summed E-state index contributed by atoms with van der Waals surface area (Å²) in [7, 11) is -3.52. The van der Waals surface area contributed by atoms with E-state index in [9.17, 15) is 8.42 Å². The van der Waals surface area contributed by atoms with Gasteiger partial charge in [-0.05, 0) is 43.5 Å². The minimum atomic E-state index is -3.52. The molecular weight excluding hydrogens is 340 g/mol. The molecule has 0 bridgehead atoms. The van der Waals surface area contributed by atoms with Gasteiger partial charge in [0, 0.05) is 6.42 Å². The average molecular weight is 360 g/mol. The highest BCUT2D eigenvalue weighted by Gasteiger charge is 2.25. The summed E-state index contributed by atoms with van der Waals surface area (Å²) in [5.74, 6) is 0.171. The Bertz CT molecular complexity index is 1010. The first-order chi connectivity index (χ1) is 11.8.